The topological polar surface area (TPSA) is 60.9 Å². The molecule has 0 saturated heterocycles. The molecule has 1 aliphatic carbocycles. The molecule has 0 radical (unpaired) electrons. The van der Waals surface area contributed by atoms with E-state index in [1.807, 2.05) is 35.2 Å². The van der Waals surface area contributed by atoms with E-state index >= 15 is 0 Å². The van der Waals surface area contributed by atoms with E-state index in [0.717, 1.165) is 18.4 Å². The van der Waals surface area contributed by atoms with Gasteiger partial charge in [-0.2, -0.15) is 0 Å². The molecule has 1 aromatic rings. The normalized spacial score (nSPS) is 17.6. The Morgan fingerprint density at radius 3 is 2.78 bits per heavy atom. The number of amides is 2. The molecule has 2 amide bonds. The lowest BCUT2D eigenvalue weighted by atomic mass is 10.1. The van der Waals surface area contributed by atoms with Crippen molar-refractivity contribution in [2.24, 2.45) is 0 Å². The Kier molecular flexibility index (Phi) is 4.57. The molecule has 1 N–H and O–H groups in total. The van der Waals surface area contributed by atoms with Gasteiger partial charge in [-0.3, -0.25) is 4.79 Å². The standard InChI is InChI=1S/C17H19ClN2O3/c18-14-5-1-3-12(9-14)10-20(15-6-7-15)16(21)13-4-2-8-19(11-13)17(22)23/h1,3-5,9,15H,2,6-8,10-11H2,(H,22,23). The molecule has 3 rings (SSSR count). The fourth-order valence-corrected chi connectivity index (χ4v) is 3.04. The van der Waals surface area contributed by atoms with Crippen LogP contribution in [0, 0.1) is 0 Å². The number of nitrogens with zero attached hydrogens (tertiary/aromatic N) is 2. The van der Waals surface area contributed by atoms with Gasteiger partial charge >= 0.3 is 6.09 Å². The maximum absolute atomic E-state index is 12.8. The Morgan fingerprint density at radius 1 is 1.35 bits per heavy atom. The fourth-order valence-electron chi connectivity index (χ4n) is 2.83. The van der Waals surface area contributed by atoms with E-state index < -0.39 is 6.09 Å². The van der Waals surface area contributed by atoms with E-state index in [1.54, 1.807) is 0 Å². The van der Waals surface area contributed by atoms with Crippen molar-refractivity contribution < 1.29 is 14.7 Å². The molecule has 1 aliphatic heterocycles. The van der Waals surface area contributed by atoms with Crippen molar-refractivity contribution in [1.29, 1.82) is 0 Å². The van der Waals surface area contributed by atoms with Crippen molar-refractivity contribution >= 4 is 23.6 Å². The fraction of sp³-hybridized carbons (Fsp3) is 0.412. The predicted molar refractivity (Wildman–Crippen MR) is 87.3 cm³/mol. The van der Waals surface area contributed by atoms with E-state index in [-0.39, 0.29) is 18.5 Å². The van der Waals surface area contributed by atoms with Crippen LogP contribution < -0.4 is 0 Å². The summed E-state index contributed by atoms with van der Waals surface area (Å²) >= 11 is 6.02. The zero-order valence-corrected chi connectivity index (χ0v) is 13.5. The van der Waals surface area contributed by atoms with Gasteiger partial charge in [0, 0.05) is 29.7 Å². The molecule has 0 atom stereocenters. The third-order valence-electron chi connectivity index (χ3n) is 4.19. The minimum absolute atomic E-state index is 0.0570. The summed E-state index contributed by atoms with van der Waals surface area (Å²) < 4.78 is 0. The third-order valence-corrected chi connectivity index (χ3v) is 4.42. The molecule has 6 heteroatoms. The summed E-state index contributed by atoms with van der Waals surface area (Å²) in [5.74, 6) is -0.0570. The monoisotopic (exact) mass is 334 g/mol. The van der Waals surface area contributed by atoms with Gasteiger partial charge in [0.25, 0.3) is 5.91 Å². The van der Waals surface area contributed by atoms with E-state index in [4.69, 9.17) is 16.7 Å². The highest BCUT2D eigenvalue weighted by Crippen LogP contribution is 2.30. The molecule has 0 bridgehead atoms. The second kappa shape index (κ2) is 6.62. The van der Waals surface area contributed by atoms with Gasteiger partial charge in [-0.25, -0.2) is 4.79 Å². The van der Waals surface area contributed by atoms with E-state index in [0.29, 0.717) is 30.1 Å². The van der Waals surface area contributed by atoms with Crippen LogP contribution in [0.3, 0.4) is 0 Å². The molecular formula is C17H19ClN2O3. The summed E-state index contributed by atoms with van der Waals surface area (Å²) in [6.45, 7) is 1.13. The quantitative estimate of drug-likeness (QED) is 0.920. The largest absolute Gasteiger partial charge is 0.465 e. The van der Waals surface area contributed by atoms with Crippen LogP contribution in [0.2, 0.25) is 5.02 Å². The Bertz CT molecular complexity index is 655. The lowest BCUT2D eigenvalue weighted by molar-refractivity contribution is -0.128. The van der Waals surface area contributed by atoms with Crippen LogP contribution in [0.4, 0.5) is 4.79 Å². The van der Waals surface area contributed by atoms with E-state index in [9.17, 15) is 9.59 Å². The van der Waals surface area contributed by atoms with Crippen LogP contribution in [0.5, 0.6) is 0 Å². The molecule has 1 heterocycles. The Labute approximate surface area is 140 Å². The average molecular weight is 335 g/mol. The number of carboxylic acid groups (broad SMARTS) is 1. The highest BCUT2D eigenvalue weighted by molar-refractivity contribution is 6.30. The van der Waals surface area contributed by atoms with Crippen molar-refractivity contribution in [2.45, 2.75) is 31.8 Å². The van der Waals surface area contributed by atoms with Gasteiger partial charge in [-0.1, -0.05) is 29.8 Å². The zero-order valence-electron chi connectivity index (χ0n) is 12.7. The number of benzene rings is 1. The SMILES string of the molecule is O=C(O)N1CCC=C(C(=O)N(Cc2cccc(Cl)c2)C2CC2)C1. The molecular weight excluding hydrogens is 316 g/mol. The number of rotatable bonds is 4. The van der Waals surface area contributed by atoms with Crippen molar-refractivity contribution in [3.05, 3.63) is 46.5 Å². The smallest absolute Gasteiger partial charge is 0.407 e. The molecule has 1 fully saturated rings. The lowest BCUT2D eigenvalue weighted by Crippen LogP contribution is -2.41. The van der Waals surface area contributed by atoms with Crippen LogP contribution in [-0.4, -0.2) is 46.0 Å². The second-order valence-electron chi connectivity index (χ2n) is 6.02. The Balaban J connectivity index is 1.74. The molecule has 122 valence electrons. The van der Waals surface area contributed by atoms with Crippen LogP contribution in [0.15, 0.2) is 35.9 Å². The van der Waals surface area contributed by atoms with Gasteiger partial charge in [0.15, 0.2) is 0 Å². The van der Waals surface area contributed by atoms with Gasteiger partial charge in [-0.15, -0.1) is 0 Å². The second-order valence-corrected chi connectivity index (χ2v) is 6.45. The molecule has 1 saturated carbocycles. The van der Waals surface area contributed by atoms with Crippen LogP contribution in [-0.2, 0) is 11.3 Å². The van der Waals surface area contributed by atoms with Crippen LogP contribution in [0.1, 0.15) is 24.8 Å². The first-order valence-electron chi connectivity index (χ1n) is 7.77. The molecule has 0 spiro atoms. The van der Waals surface area contributed by atoms with E-state index in [2.05, 4.69) is 0 Å². The van der Waals surface area contributed by atoms with Gasteiger partial charge in [0.05, 0.1) is 6.54 Å². The molecule has 2 aliphatic rings. The van der Waals surface area contributed by atoms with Gasteiger partial charge in [-0.05, 0) is 37.0 Å². The Morgan fingerprint density at radius 2 is 2.13 bits per heavy atom. The number of carbonyl (C=O) groups is 2. The minimum Gasteiger partial charge on any atom is -0.465 e. The number of hydrogen-bond donors (Lipinski definition) is 1. The summed E-state index contributed by atoms with van der Waals surface area (Å²) in [6.07, 6.45) is 3.49. The zero-order chi connectivity index (χ0) is 16.4. The van der Waals surface area contributed by atoms with E-state index in [1.165, 1.54) is 4.90 Å². The first-order chi connectivity index (χ1) is 11.0. The summed E-state index contributed by atoms with van der Waals surface area (Å²) in [5.41, 5.74) is 1.57. The van der Waals surface area contributed by atoms with Crippen molar-refractivity contribution in [3.8, 4) is 0 Å². The number of halogens is 1. The first kappa shape index (κ1) is 15.9. The molecule has 1 aromatic carbocycles. The van der Waals surface area contributed by atoms with Crippen molar-refractivity contribution in [2.75, 3.05) is 13.1 Å². The maximum Gasteiger partial charge on any atom is 0.407 e. The molecule has 5 nitrogen and oxygen atoms in total. The molecule has 23 heavy (non-hydrogen) atoms. The molecule has 0 aromatic heterocycles. The highest BCUT2D eigenvalue weighted by atomic mass is 35.5. The minimum atomic E-state index is -0.976. The van der Waals surface area contributed by atoms with Gasteiger partial charge in [0.1, 0.15) is 0 Å². The van der Waals surface area contributed by atoms with Gasteiger partial charge in [0.2, 0.25) is 0 Å². The number of carbonyl (C=O) groups excluding carboxylic acids is 1. The summed E-state index contributed by atoms with van der Waals surface area (Å²) in [4.78, 5) is 27.1. The summed E-state index contributed by atoms with van der Waals surface area (Å²) in [5, 5.41) is 9.78. The first-order valence-corrected chi connectivity index (χ1v) is 8.14. The number of hydrogen-bond acceptors (Lipinski definition) is 2. The van der Waals surface area contributed by atoms with Crippen LogP contribution >= 0.6 is 11.6 Å². The predicted octanol–water partition coefficient (Wildman–Crippen LogP) is 3.14. The van der Waals surface area contributed by atoms with Gasteiger partial charge < -0.3 is 14.9 Å². The maximum atomic E-state index is 12.8. The average Bonchev–Trinajstić information content (AvgIpc) is 3.37. The lowest BCUT2D eigenvalue weighted by Gasteiger charge is -2.29. The summed E-state index contributed by atoms with van der Waals surface area (Å²) in [6, 6.07) is 7.75. The van der Waals surface area contributed by atoms with Crippen molar-refractivity contribution in [3.63, 3.8) is 0 Å². The Hall–Kier alpha value is -2.01. The highest BCUT2D eigenvalue weighted by Gasteiger charge is 2.35. The van der Waals surface area contributed by atoms with Crippen molar-refractivity contribution in [1.82, 2.24) is 9.80 Å². The third kappa shape index (κ3) is 3.85. The molecule has 0 unspecified atom stereocenters. The van der Waals surface area contributed by atoms with Crippen LogP contribution in [0.25, 0.3) is 0 Å². The summed E-state index contributed by atoms with van der Waals surface area (Å²) in [7, 11) is 0.